The van der Waals surface area contributed by atoms with Crippen LogP contribution in [0.1, 0.15) is 6.17 Å². The van der Waals surface area contributed by atoms with Crippen LogP contribution in [0, 0.1) is 0 Å². The van der Waals surface area contributed by atoms with Crippen molar-refractivity contribution < 1.29 is 9.47 Å². The van der Waals surface area contributed by atoms with Gasteiger partial charge in [-0.2, -0.15) is 5.10 Å². The number of rotatable bonds is 3. The number of piperazine rings is 1. The molecule has 0 spiro atoms. The van der Waals surface area contributed by atoms with E-state index in [-0.39, 0.29) is 13.0 Å². The molecule has 7 heteroatoms. The molecule has 1 aromatic carbocycles. The molecule has 2 aromatic rings. The maximum atomic E-state index is 6.41. The van der Waals surface area contributed by atoms with Crippen LogP contribution >= 0.6 is 11.6 Å². The number of nitrogens with one attached hydrogen (secondary N) is 1. The Morgan fingerprint density at radius 1 is 1.27 bits per heavy atom. The summed E-state index contributed by atoms with van der Waals surface area (Å²) in [7, 11) is 0. The molecule has 0 bridgehead atoms. The van der Waals surface area contributed by atoms with E-state index in [4.69, 9.17) is 21.1 Å². The first kappa shape index (κ1) is 13.9. The fourth-order valence-electron chi connectivity index (χ4n) is 3.01. The van der Waals surface area contributed by atoms with Crippen LogP contribution < -0.4 is 5.32 Å². The highest BCUT2D eigenvalue weighted by atomic mass is 35.5. The molecule has 0 aliphatic carbocycles. The third-order valence-electron chi connectivity index (χ3n) is 4.05. The molecule has 1 N–H and O–H groups in total. The van der Waals surface area contributed by atoms with Crippen LogP contribution in [0.15, 0.2) is 36.4 Å². The summed E-state index contributed by atoms with van der Waals surface area (Å²) in [4.78, 5) is 2.33. The average Bonchev–Trinajstić information content (AvgIpc) is 3.20. The standard InChI is InChI=1S/C15H17ClN4O2/c16-12-3-1-2-11-8-18-20(14(11)12)15(13-9-21-10-22-13)19-6-4-17-5-7-19/h1-3,8-9,15,17H,4-7,10H2. The lowest BCUT2D eigenvalue weighted by atomic mass is 10.2. The van der Waals surface area contributed by atoms with Gasteiger partial charge in [0.1, 0.15) is 6.26 Å². The van der Waals surface area contributed by atoms with E-state index in [1.165, 1.54) is 0 Å². The van der Waals surface area contributed by atoms with Gasteiger partial charge in [0.05, 0.1) is 16.7 Å². The van der Waals surface area contributed by atoms with Crippen LogP contribution in [0.3, 0.4) is 0 Å². The van der Waals surface area contributed by atoms with Crippen LogP contribution in [-0.2, 0) is 9.47 Å². The van der Waals surface area contributed by atoms with Crippen molar-refractivity contribution >= 4 is 22.5 Å². The number of nitrogens with zero attached hydrogens (tertiary/aromatic N) is 3. The minimum atomic E-state index is -0.137. The van der Waals surface area contributed by atoms with Crippen molar-refractivity contribution in [3.05, 3.63) is 41.4 Å². The second-order valence-corrected chi connectivity index (χ2v) is 5.78. The van der Waals surface area contributed by atoms with Gasteiger partial charge in [0.2, 0.25) is 6.79 Å². The molecule has 1 fully saturated rings. The molecule has 1 unspecified atom stereocenters. The molecule has 6 nitrogen and oxygen atoms in total. The molecule has 0 saturated carbocycles. The van der Waals surface area contributed by atoms with Crippen molar-refractivity contribution in [3.8, 4) is 0 Å². The van der Waals surface area contributed by atoms with Crippen molar-refractivity contribution in [2.75, 3.05) is 33.0 Å². The number of aromatic nitrogens is 2. The van der Waals surface area contributed by atoms with Crippen molar-refractivity contribution in [2.24, 2.45) is 0 Å². The number of halogens is 1. The quantitative estimate of drug-likeness (QED) is 0.936. The third kappa shape index (κ3) is 2.33. The number of hydrogen-bond acceptors (Lipinski definition) is 5. The Kier molecular flexibility index (Phi) is 3.65. The van der Waals surface area contributed by atoms with E-state index < -0.39 is 0 Å². The van der Waals surface area contributed by atoms with E-state index in [9.17, 15) is 0 Å². The van der Waals surface area contributed by atoms with Gasteiger partial charge in [0.25, 0.3) is 0 Å². The minimum absolute atomic E-state index is 0.137. The third-order valence-corrected chi connectivity index (χ3v) is 4.35. The maximum Gasteiger partial charge on any atom is 0.230 e. The summed E-state index contributed by atoms with van der Waals surface area (Å²) in [5, 5.41) is 9.65. The largest absolute Gasteiger partial charge is 0.461 e. The molecular weight excluding hydrogens is 304 g/mol. The van der Waals surface area contributed by atoms with Gasteiger partial charge in [0.15, 0.2) is 11.9 Å². The number of fused-ring (bicyclic) bond motifs is 1. The Morgan fingerprint density at radius 2 is 2.14 bits per heavy atom. The maximum absolute atomic E-state index is 6.41. The van der Waals surface area contributed by atoms with Gasteiger partial charge in [-0.05, 0) is 6.07 Å². The zero-order valence-corrected chi connectivity index (χ0v) is 12.8. The molecule has 3 heterocycles. The summed E-state index contributed by atoms with van der Waals surface area (Å²) in [6.45, 7) is 3.97. The van der Waals surface area contributed by atoms with Crippen LogP contribution in [0.5, 0.6) is 0 Å². The van der Waals surface area contributed by atoms with Crippen molar-refractivity contribution in [2.45, 2.75) is 6.17 Å². The van der Waals surface area contributed by atoms with E-state index in [0.29, 0.717) is 5.02 Å². The zero-order valence-electron chi connectivity index (χ0n) is 12.0. The minimum Gasteiger partial charge on any atom is -0.461 e. The van der Waals surface area contributed by atoms with Gasteiger partial charge in [-0.3, -0.25) is 4.90 Å². The molecule has 0 radical (unpaired) electrons. The van der Waals surface area contributed by atoms with Crippen molar-refractivity contribution in [1.29, 1.82) is 0 Å². The summed E-state index contributed by atoms with van der Waals surface area (Å²) in [6, 6.07) is 5.84. The molecule has 4 rings (SSSR count). The highest BCUT2D eigenvalue weighted by Gasteiger charge is 2.31. The Hall–Kier alpha value is -1.76. The second-order valence-electron chi connectivity index (χ2n) is 5.38. The lowest BCUT2D eigenvalue weighted by Crippen LogP contribution is -2.47. The highest BCUT2D eigenvalue weighted by Crippen LogP contribution is 2.32. The van der Waals surface area contributed by atoms with E-state index in [1.54, 1.807) is 6.26 Å². The van der Waals surface area contributed by atoms with Gasteiger partial charge in [-0.1, -0.05) is 23.7 Å². The predicted octanol–water partition coefficient (Wildman–Crippen LogP) is 1.94. The first-order valence-corrected chi connectivity index (χ1v) is 7.73. The van der Waals surface area contributed by atoms with Crippen LogP contribution in [-0.4, -0.2) is 47.7 Å². The van der Waals surface area contributed by atoms with Crippen molar-refractivity contribution in [1.82, 2.24) is 20.0 Å². The molecule has 1 saturated heterocycles. The zero-order chi connectivity index (χ0) is 14.9. The average molecular weight is 321 g/mol. The summed E-state index contributed by atoms with van der Waals surface area (Å²) in [6.07, 6.45) is 3.38. The second kappa shape index (κ2) is 5.79. The Balaban J connectivity index is 1.81. The highest BCUT2D eigenvalue weighted by molar-refractivity contribution is 6.35. The fraction of sp³-hybridized carbons (Fsp3) is 0.400. The van der Waals surface area contributed by atoms with Gasteiger partial charge in [0, 0.05) is 31.6 Å². The monoisotopic (exact) mass is 320 g/mol. The summed E-state index contributed by atoms with van der Waals surface area (Å²) in [5.41, 5.74) is 0.920. The fourth-order valence-corrected chi connectivity index (χ4v) is 3.28. The number of para-hydroxylation sites is 1. The molecule has 22 heavy (non-hydrogen) atoms. The first-order chi connectivity index (χ1) is 10.8. The lowest BCUT2D eigenvalue weighted by Gasteiger charge is -2.34. The van der Waals surface area contributed by atoms with Crippen LogP contribution in [0.4, 0.5) is 0 Å². The number of ether oxygens (including phenoxy) is 2. The molecule has 0 amide bonds. The lowest BCUT2D eigenvalue weighted by molar-refractivity contribution is 0.0388. The Labute approximate surface area is 133 Å². The summed E-state index contributed by atoms with van der Waals surface area (Å²) in [5.74, 6) is 0.770. The molecule has 116 valence electrons. The predicted molar refractivity (Wildman–Crippen MR) is 83.3 cm³/mol. The Morgan fingerprint density at radius 3 is 2.91 bits per heavy atom. The molecule has 1 atom stereocenters. The Bertz CT molecular complexity index is 709. The first-order valence-electron chi connectivity index (χ1n) is 7.35. The van der Waals surface area contributed by atoms with Crippen LogP contribution in [0.25, 0.3) is 10.9 Å². The topological polar surface area (TPSA) is 51.6 Å². The van der Waals surface area contributed by atoms with Crippen LogP contribution in [0.2, 0.25) is 5.02 Å². The molecule has 2 aliphatic heterocycles. The van der Waals surface area contributed by atoms with Gasteiger partial charge >= 0.3 is 0 Å². The molecule has 2 aliphatic rings. The van der Waals surface area contributed by atoms with E-state index >= 15 is 0 Å². The summed E-state index contributed by atoms with van der Waals surface area (Å²) < 4.78 is 12.9. The van der Waals surface area contributed by atoms with E-state index in [2.05, 4.69) is 15.3 Å². The number of hydrogen-bond donors (Lipinski definition) is 1. The summed E-state index contributed by atoms with van der Waals surface area (Å²) >= 11 is 6.41. The van der Waals surface area contributed by atoms with Gasteiger partial charge in [-0.15, -0.1) is 0 Å². The number of benzene rings is 1. The van der Waals surface area contributed by atoms with Gasteiger partial charge in [-0.25, -0.2) is 4.68 Å². The van der Waals surface area contributed by atoms with Gasteiger partial charge < -0.3 is 14.8 Å². The van der Waals surface area contributed by atoms with E-state index in [0.717, 1.165) is 42.8 Å². The smallest absolute Gasteiger partial charge is 0.230 e. The van der Waals surface area contributed by atoms with Crippen molar-refractivity contribution in [3.63, 3.8) is 0 Å². The molecular formula is C15H17ClN4O2. The van der Waals surface area contributed by atoms with E-state index in [1.807, 2.05) is 29.1 Å². The normalized spacial score (nSPS) is 20.5. The molecule has 1 aromatic heterocycles. The SMILES string of the molecule is Clc1cccc2cnn(C(C3=COCO3)N3CCNCC3)c12.